The molecule has 0 atom stereocenters. The van der Waals surface area contributed by atoms with Crippen molar-refractivity contribution in [2.45, 2.75) is 13.8 Å². The first-order valence-electron chi connectivity index (χ1n) is 5.50. The number of carbonyl (C=O) groups excluding carboxylic acids is 1. The number of anilines is 2. The summed E-state index contributed by atoms with van der Waals surface area (Å²) in [5, 5.41) is 12.9. The summed E-state index contributed by atoms with van der Waals surface area (Å²) < 4.78 is 5.10. The lowest BCUT2D eigenvalue weighted by Gasteiger charge is -2.08. The van der Waals surface area contributed by atoms with Gasteiger partial charge in [-0.2, -0.15) is 0 Å². The van der Waals surface area contributed by atoms with E-state index < -0.39 is 0 Å². The third-order valence-corrected chi connectivity index (χ3v) is 2.44. The van der Waals surface area contributed by atoms with Crippen LogP contribution in [0.2, 0.25) is 0 Å². The first-order valence-corrected chi connectivity index (χ1v) is 5.50. The minimum atomic E-state index is -0.285. The summed E-state index contributed by atoms with van der Waals surface area (Å²) >= 11 is 0. The molecule has 0 unspecified atom stereocenters. The molecule has 0 radical (unpaired) electrons. The van der Waals surface area contributed by atoms with E-state index in [9.17, 15) is 4.79 Å². The quantitative estimate of drug-likeness (QED) is 0.865. The molecule has 6 heteroatoms. The SMILES string of the molecule is CNc1ccc(C)cc1C(=O)Nc1nnc(C)o1. The summed E-state index contributed by atoms with van der Waals surface area (Å²) in [6.07, 6.45) is 0. The van der Waals surface area contributed by atoms with Crippen LogP contribution in [0.4, 0.5) is 11.7 Å². The lowest BCUT2D eigenvalue weighted by atomic mass is 10.1. The molecule has 0 fully saturated rings. The van der Waals surface area contributed by atoms with Gasteiger partial charge in [-0.25, -0.2) is 0 Å². The molecule has 0 aliphatic heterocycles. The number of hydrogen-bond acceptors (Lipinski definition) is 5. The smallest absolute Gasteiger partial charge is 0.322 e. The first-order chi connectivity index (χ1) is 8.60. The van der Waals surface area contributed by atoms with Crippen LogP contribution in [-0.4, -0.2) is 23.2 Å². The number of aryl methyl sites for hydroxylation is 2. The second-order valence-electron chi connectivity index (χ2n) is 3.88. The fraction of sp³-hybridized carbons (Fsp3) is 0.250. The van der Waals surface area contributed by atoms with Crippen LogP contribution in [0.15, 0.2) is 22.6 Å². The van der Waals surface area contributed by atoms with E-state index in [4.69, 9.17) is 4.42 Å². The Morgan fingerprint density at radius 2 is 2.06 bits per heavy atom. The minimum absolute atomic E-state index is 0.0982. The number of carbonyl (C=O) groups is 1. The van der Waals surface area contributed by atoms with E-state index in [1.807, 2.05) is 19.1 Å². The standard InChI is InChI=1S/C12H14N4O2/c1-7-4-5-10(13-3)9(6-7)11(17)14-12-16-15-8(2)18-12/h4-6,13H,1-3H3,(H,14,16,17). The van der Waals surface area contributed by atoms with Gasteiger partial charge < -0.3 is 9.73 Å². The number of nitrogens with zero attached hydrogens (tertiary/aromatic N) is 2. The summed E-state index contributed by atoms with van der Waals surface area (Å²) in [5.74, 6) is 0.120. The zero-order valence-corrected chi connectivity index (χ0v) is 10.4. The third-order valence-electron chi connectivity index (χ3n) is 2.44. The summed E-state index contributed by atoms with van der Waals surface area (Å²) in [7, 11) is 1.76. The summed E-state index contributed by atoms with van der Waals surface area (Å²) in [4.78, 5) is 12.1. The predicted molar refractivity (Wildman–Crippen MR) is 67.7 cm³/mol. The van der Waals surface area contributed by atoms with Gasteiger partial charge in [-0.15, -0.1) is 5.10 Å². The second-order valence-corrected chi connectivity index (χ2v) is 3.88. The molecule has 1 amide bonds. The van der Waals surface area contributed by atoms with Crippen molar-refractivity contribution < 1.29 is 9.21 Å². The van der Waals surface area contributed by atoms with E-state index in [0.29, 0.717) is 11.5 Å². The van der Waals surface area contributed by atoms with Crippen molar-refractivity contribution >= 4 is 17.6 Å². The monoisotopic (exact) mass is 246 g/mol. The highest BCUT2D eigenvalue weighted by molar-refractivity contribution is 6.07. The number of benzene rings is 1. The molecule has 0 aliphatic carbocycles. The van der Waals surface area contributed by atoms with E-state index >= 15 is 0 Å². The Morgan fingerprint density at radius 3 is 2.67 bits per heavy atom. The Labute approximate surface area is 104 Å². The van der Waals surface area contributed by atoms with Crippen molar-refractivity contribution in [2.75, 3.05) is 17.7 Å². The number of aromatic nitrogens is 2. The topological polar surface area (TPSA) is 80.0 Å². The van der Waals surface area contributed by atoms with Crippen LogP contribution in [0.1, 0.15) is 21.8 Å². The van der Waals surface area contributed by atoms with Crippen molar-refractivity contribution in [3.63, 3.8) is 0 Å². The van der Waals surface area contributed by atoms with Crippen molar-refractivity contribution in [1.82, 2.24) is 10.2 Å². The zero-order chi connectivity index (χ0) is 13.1. The molecule has 0 bridgehead atoms. The highest BCUT2D eigenvalue weighted by Gasteiger charge is 2.13. The highest BCUT2D eigenvalue weighted by Crippen LogP contribution is 2.18. The van der Waals surface area contributed by atoms with Gasteiger partial charge in [-0.1, -0.05) is 16.7 Å². The van der Waals surface area contributed by atoms with Gasteiger partial charge in [-0.3, -0.25) is 10.1 Å². The molecule has 0 aliphatic rings. The van der Waals surface area contributed by atoms with E-state index in [2.05, 4.69) is 20.8 Å². The molecule has 1 aromatic carbocycles. The number of nitrogens with one attached hydrogen (secondary N) is 2. The van der Waals surface area contributed by atoms with Gasteiger partial charge in [0.25, 0.3) is 5.91 Å². The minimum Gasteiger partial charge on any atom is -0.408 e. The maximum atomic E-state index is 12.1. The van der Waals surface area contributed by atoms with Gasteiger partial charge in [0.05, 0.1) is 5.56 Å². The second kappa shape index (κ2) is 4.87. The average Bonchev–Trinajstić information content (AvgIpc) is 2.74. The van der Waals surface area contributed by atoms with Gasteiger partial charge in [-0.05, 0) is 19.1 Å². The summed E-state index contributed by atoms with van der Waals surface area (Å²) in [6, 6.07) is 5.67. The van der Waals surface area contributed by atoms with Gasteiger partial charge in [0.1, 0.15) is 0 Å². The molecule has 0 saturated carbocycles. The van der Waals surface area contributed by atoms with Crippen LogP contribution in [0.25, 0.3) is 0 Å². The molecule has 94 valence electrons. The lowest BCUT2D eigenvalue weighted by Crippen LogP contribution is -2.14. The molecule has 2 N–H and O–H groups in total. The maximum Gasteiger partial charge on any atom is 0.322 e. The lowest BCUT2D eigenvalue weighted by molar-refractivity contribution is 0.102. The largest absolute Gasteiger partial charge is 0.408 e. The van der Waals surface area contributed by atoms with Crippen LogP contribution in [-0.2, 0) is 0 Å². The maximum absolute atomic E-state index is 12.1. The summed E-state index contributed by atoms with van der Waals surface area (Å²) in [5.41, 5.74) is 2.28. The molecule has 2 aromatic rings. The van der Waals surface area contributed by atoms with E-state index in [0.717, 1.165) is 11.3 Å². The molecule has 1 aromatic heterocycles. The number of rotatable bonds is 3. The Hall–Kier alpha value is -2.37. The van der Waals surface area contributed by atoms with Crippen LogP contribution >= 0.6 is 0 Å². The van der Waals surface area contributed by atoms with Crippen LogP contribution in [0, 0.1) is 13.8 Å². The predicted octanol–water partition coefficient (Wildman–Crippen LogP) is 1.98. The van der Waals surface area contributed by atoms with E-state index in [1.54, 1.807) is 20.0 Å². The number of amides is 1. The highest BCUT2D eigenvalue weighted by atomic mass is 16.4. The van der Waals surface area contributed by atoms with Gasteiger partial charge in [0.2, 0.25) is 5.89 Å². The Morgan fingerprint density at radius 1 is 1.28 bits per heavy atom. The molecule has 2 rings (SSSR count). The Kier molecular flexibility index (Phi) is 3.27. The van der Waals surface area contributed by atoms with Crippen molar-refractivity contribution in [3.8, 4) is 0 Å². The number of hydrogen-bond donors (Lipinski definition) is 2. The fourth-order valence-corrected chi connectivity index (χ4v) is 1.58. The van der Waals surface area contributed by atoms with E-state index in [1.165, 1.54) is 0 Å². The van der Waals surface area contributed by atoms with Crippen molar-refractivity contribution in [2.24, 2.45) is 0 Å². The van der Waals surface area contributed by atoms with Crippen LogP contribution < -0.4 is 10.6 Å². The average molecular weight is 246 g/mol. The normalized spacial score (nSPS) is 10.2. The Balaban J connectivity index is 2.25. The molecule has 1 heterocycles. The molecule has 6 nitrogen and oxygen atoms in total. The third kappa shape index (κ3) is 2.48. The molecular weight excluding hydrogens is 232 g/mol. The van der Waals surface area contributed by atoms with Gasteiger partial charge in [0, 0.05) is 19.7 Å². The van der Waals surface area contributed by atoms with E-state index in [-0.39, 0.29) is 11.9 Å². The Bertz CT molecular complexity index is 577. The molecule has 0 spiro atoms. The van der Waals surface area contributed by atoms with Crippen molar-refractivity contribution in [1.29, 1.82) is 0 Å². The summed E-state index contributed by atoms with van der Waals surface area (Å²) in [6.45, 7) is 3.58. The molecule has 18 heavy (non-hydrogen) atoms. The van der Waals surface area contributed by atoms with Crippen molar-refractivity contribution in [3.05, 3.63) is 35.2 Å². The van der Waals surface area contributed by atoms with Gasteiger partial charge >= 0.3 is 6.01 Å². The van der Waals surface area contributed by atoms with Crippen LogP contribution in [0.3, 0.4) is 0 Å². The molecule has 0 saturated heterocycles. The zero-order valence-electron chi connectivity index (χ0n) is 10.4. The first kappa shape index (κ1) is 12.1. The fourth-order valence-electron chi connectivity index (χ4n) is 1.58. The molecular formula is C12H14N4O2. The van der Waals surface area contributed by atoms with Crippen LogP contribution in [0.5, 0.6) is 0 Å². The van der Waals surface area contributed by atoms with Gasteiger partial charge in [0.15, 0.2) is 0 Å².